The van der Waals surface area contributed by atoms with Gasteiger partial charge in [-0.3, -0.25) is 4.79 Å². The van der Waals surface area contributed by atoms with Crippen LogP contribution in [0.3, 0.4) is 0 Å². The van der Waals surface area contributed by atoms with Crippen LogP contribution in [0.4, 0.5) is 18.9 Å². The number of carbonyl (C=O) groups is 1. The lowest BCUT2D eigenvalue weighted by molar-refractivity contribution is -0.141. The van der Waals surface area contributed by atoms with Crippen molar-refractivity contribution < 1.29 is 23.1 Å². The molecule has 0 aliphatic heterocycles. The average molecular weight is 340 g/mol. The van der Waals surface area contributed by atoms with E-state index in [-0.39, 0.29) is 12.2 Å². The van der Waals surface area contributed by atoms with Crippen molar-refractivity contribution in [1.29, 1.82) is 0 Å². The third-order valence-electron chi connectivity index (χ3n) is 2.67. The molecule has 1 aromatic carbocycles. The highest BCUT2D eigenvalue weighted by molar-refractivity contribution is 9.10. The lowest BCUT2D eigenvalue weighted by atomic mass is 10.1. The predicted octanol–water partition coefficient (Wildman–Crippen LogP) is 3.99. The van der Waals surface area contributed by atoms with E-state index in [1.165, 1.54) is 12.1 Å². The summed E-state index contributed by atoms with van der Waals surface area (Å²) >= 11 is 3.09. The van der Waals surface area contributed by atoms with Gasteiger partial charge in [0.2, 0.25) is 0 Å². The molecule has 19 heavy (non-hydrogen) atoms. The van der Waals surface area contributed by atoms with Crippen molar-refractivity contribution in [2.75, 3.05) is 11.9 Å². The van der Waals surface area contributed by atoms with Crippen LogP contribution in [-0.2, 0) is 11.0 Å². The Morgan fingerprint density at radius 3 is 2.58 bits per heavy atom. The van der Waals surface area contributed by atoms with Gasteiger partial charge in [0, 0.05) is 16.7 Å². The topological polar surface area (TPSA) is 49.3 Å². The Hall–Kier alpha value is -1.24. The molecule has 0 radical (unpaired) electrons. The number of anilines is 1. The highest BCUT2D eigenvalue weighted by Gasteiger charge is 2.33. The van der Waals surface area contributed by atoms with Crippen LogP contribution in [0.5, 0.6) is 0 Å². The van der Waals surface area contributed by atoms with Crippen molar-refractivity contribution in [3.05, 3.63) is 28.2 Å². The largest absolute Gasteiger partial charge is 0.481 e. The number of hydrogen-bond donors (Lipinski definition) is 2. The van der Waals surface area contributed by atoms with E-state index in [4.69, 9.17) is 5.11 Å². The summed E-state index contributed by atoms with van der Waals surface area (Å²) in [5, 5.41) is 11.4. The zero-order valence-corrected chi connectivity index (χ0v) is 11.7. The second-order valence-electron chi connectivity index (χ2n) is 4.01. The highest BCUT2D eigenvalue weighted by Crippen LogP contribution is 2.36. The maximum atomic E-state index is 12.8. The summed E-state index contributed by atoms with van der Waals surface area (Å²) in [5.41, 5.74) is -0.933. The quantitative estimate of drug-likeness (QED) is 0.852. The van der Waals surface area contributed by atoms with Crippen molar-refractivity contribution in [2.45, 2.75) is 19.5 Å². The van der Waals surface area contributed by atoms with Gasteiger partial charge in [-0.2, -0.15) is 13.2 Å². The third kappa shape index (κ3) is 4.41. The van der Waals surface area contributed by atoms with Gasteiger partial charge in [0.25, 0.3) is 0 Å². The van der Waals surface area contributed by atoms with E-state index in [9.17, 15) is 18.0 Å². The maximum Gasteiger partial charge on any atom is 0.418 e. The van der Waals surface area contributed by atoms with Gasteiger partial charge in [-0.1, -0.05) is 22.9 Å². The summed E-state index contributed by atoms with van der Waals surface area (Å²) in [7, 11) is 0. The number of nitrogens with one attached hydrogen (secondary N) is 1. The van der Waals surface area contributed by atoms with Crippen LogP contribution in [0.25, 0.3) is 0 Å². The molecule has 0 heterocycles. The minimum absolute atomic E-state index is 0.0502. The van der Waals surface area contributed by atoms with Crippen molar-refractivity contribution in [3.63, 3.8) is 0 Å². The molecule has 0 aliphatic rings. The van der Waals surface area contributed by atoms with Crippen molar-refractivity contribution in [3.8, 4) is 0 Å². The number of benzene rings is 1. The molecule has 0 spiro atoms. The van der Waals surface area contributed by atoms with Gasteiger partial charge in [-0.15, -0.1) is 0 Å². The first-order chi connectivity index (χ1) is 8.75. The summed E-state index contributed by atoms with van der Waals surface area (Å²) in [6.45, 7) is 1.62. The molecule has 0 bridgehead atoms. The Kier molecular flexibility index (Phi) is 5.22. The van der Waals surface area contributed by atoms with E-state index >= 15 is 0 Å². The smallest absolute Gasteiger partial charge is 0.418 e. The molecule has 7 heteroatoms. The molecule has 1 atom stereocenters. The molecule has 0 saturated heterocycles. The van der Waals surface area contributed by atoms with Gasteiger partial charge in [0.05, 0.1) is 11.5 Å². The maximum absolute atomic E-state index is 12.8. The van der Waals surface area contributed by atoms with Crippen LogP contribution < -0.4 is 5.32 Å². The second kappa shape index (κ2) is 6.27. The fourth-order valence-electron chi connectivity index (χ4n) is 1.55. The minimum Gasteiger partial charge on any atom is -0.481 e. The lowest BCUT2D eigenvalue weighted by Crippen LogP contribution is -2.23. The first-order valence-corrected chi connectivity index (χ1v) is 6.38. The first kappa shape index (κ1) is 15.8. The molecule has 3 nitrogen and oxygen atoms in total. The molecule has 106 valence electrons. The van der Waals surface area contributed by atoms with E-state index in [1.807, 2.05) is 0 Å². The third-order valence-corrected chi connectivity index (χ3v) is 3.16. The van der Waals surface area contributed by atoms with Crippen LogP contribution in [0.1, 0.15) is 18.9 Å². The predicted molar refractivity (Wildman–Crippen MR) is 69.1 cm³/mol. The zero-order valence-electron chi connectivity index (χ0n) is 10.1. The number of rotatable bonds is 5. The van der Waals surface area contributed by atoms with E-state index in [0.717, 1.165) is 6.07 Å². The molecule has 0 aliphatic carbocycles. The Morgan fingerprint density at radius 2 is 2.11 bits per heavy atom. The average Bonchev–Trinajstić information content (AvgIpc) is 2.27. The monoisotopic (exact) mass is 339 g/mol. The molecule has 2 N–H and O–H groups in total. The molecule has 0 amide bonds. The molecule has 1 unspecified atom stereocenters. The van der Waals surface area contributed by atoms with E-state index in [1.54, 1.807) is 6.92 Å². The van der Waals surface area contributed by atoms with E-state index in [0.29, 0.717) is 10.9 Å². The number of hydrogen-bond acceptors (Lipinski definition) is 2. The Morgan fingerprint density at radius 1 is 1.47 bits per heavy atom. The first-order valence-electron chi connectivity index (χ1n) is 5.59. The number of carboxylic acids is 1. The SMILES string of the molecule is CCC(CNc1cc(Br)ccc1C(F)(F)F)C(=O)O. The second-order valence-corrected chi connectivity index (χ2v) is 4.93. The van der Waals surface area contributed by atoms with E-state index in [2.05, 4.69) is 21.2 Å². The summed E-state index contributed by atoms with van der Waals surface area (Å²) in [6.07, 6.45) is -4.13. The van der Waals surface area contributed by atoms with Gasteiger partial charge < -0.3 is 10.4 Å². The fraction of sp³-hybridized carbons (Fsp3) is 0.417. The fourth-order valence-corrected chi connectivity index (χ4v) is 1.91. The number of carboxylic acid groups (broad SMARTS) is 1. The van der Waals surface area contributed by atoms with Gasteiger partial charge in [-0.25, -0.2) is 0 Å². The normalized spacial score (nSPS) is 13.1. The van der Waals surface area contributed by atoms with Crippen LogP contribution >= 0.6 is 15.9 Å². The van der Waals surface area contributed by atoms with Gasteiger partial charge in [0.15, 0.2) is 0 Å². The van der Waals surface area contributed by atoms with Crippen molar-refractivity contribution in [2.24, 2.45) is 5.92 Å². The Bertz CT molecular complexity index is 463. The lowest BCUT2D eigenvalue weighted by Gasteiger charge is -2.17. The standard InChI is InChI=1S/C12H13BrF3NO2/c1-2-7(11(18)19)6-17-10-5-8(13)3-4-9(10)12(14,15)16/h3-5,7,17H,2,6H2,1H3,(H,18,19). The Labute approximate surface area is 116 Å². The molecule has 0 aromatic heterocycles. The number of halogens is 4. The van der Waals surface area contributed by atoms with Crippen LogP contribution in [0, 0.1) is 5.92 Å². The van der Waals surface area contributed by atoms with Crippen molar-refractivity contribution >= 4 is 27.6 Å². The number of alkyl halides is 3. The van der Waals surface area contributed by atoms with Crippen LogP contribution in [0.2, 0.25) is 0 Å². The summed E-state index contributed by atoms with van der Waals surface area (Å²) in [6, 6.07) is 3.54. The molecule has 1 rings (SSSR count). The molecular weight excluding hydrogens is 327 g/mol. The molecule has 0 saturated carbocycles. The van der Waals surface area contributed by atoms with Crippen LogP contribution in [-0.4, -0.2) is 17.6 Å². The molecular formula is C12H13BrF3NO2. The summed E-state index contributed by atoms with van der Waals surface area (Å²) < 4.78 is 38.8. The van der Waals surface area contributed by atoms with Gasteiger partial charge in [-0.05, 0) is 24.6 Å². The van der Waals surface area contributed by atoms with E-state index < -0.39 is 23.6 Å². The highest BCUT2D eigenvalue weighted by atomic mass is 79.9. The zero-order chi connectivity index (χ0) is 14.6. The Balaban J connectivity index is 2.93. The molecule has 1 aromatic rings. The van der Waals surface area contributed by atoms with Crippen molar-refractivity contribution in [1.82, 2.24) is 0 Å². The summed E-state index contributed by atoms with van der Waals surface area (Å²) in [5.74, 6) is -1.75. The molecule has 0 fully saturated rings. The minimum atomic E-state index is -4.48. The number of aliphatic carboxylic acids is 1. The van der Waals surface area contributed by atoms with Gasteiger partial charge >= 0.3 is 12.1 Å². The van der Waals surface area contributed by atoms with Crippen LogP contribution in [0.15, 0.2) is 22.7 Å². The van der Waals surface area contributed by atoms with Gasteiger partial charge in [0.1, 0.15) is 0 Å². The summed E-state index contributed by atoms with van der Waals surface area (Å²) in [4.78, 5) is 10.8.